The van der Waals surface area contributed by atoms with Gasteiger partial charge in [-0.05, 0) is 35.6 Å². The number of H-pyrrole nitrogens is 1. The van der Waals surface area contributed by atoms with Gasteiger partial charge in [0.05, 0.1) is 5.39 Å². The maximum atomic E-state index is 4.52. The quantitative estimate of drug-likeness (QED) is 0.605. The molecule has 0 bridgehead atoms. The Labute approximate surface area is 142 Å². The average Bonchev–Trinajstić information content (AvgIpc) is 3.28. The maximum Gasteiger partial charge on any atom is 0.141 e. The maximum absolute atomic E-state index is 4.52. The van der Waals surface area contributed by atoms with Crippen LogP contribution in [0.2, 0.25) is 0 Å². The van der Waals surface area contributed by atoms with Gasteiger partial charge in [-0.3, -0.25) is 0 Å². The molecule has 6 heteroatoms. The van der Waals surface area contributed by atoms with Gasteiger partial charge in [0.15, 0.2) is 0 Å². The smallest absolute Gasteiger partial charge is 0.141 e. The zero-order chi connectivity index (χ0) is 15.9. The molecule has 1 aliphatic heterocycles. The van der Waals surface area contributed by atoms with E-state index < -0.39 is 0 Å². The highest BCUT2D eigenvalue weighted by atomic mass is 32.1. The predicted octanol–water partition coefficient (Wildman–Crippen LogP) is 3.86. The molecule has 0 saturated heterocycles. The number of aromatic amines is 1. The van der Waals surface area contributed by atoms with Crippen LogP contribution in [0.5, 0.6) is 0 Å². The Kier molecular flexibility index (Phi) is 3.09. The van der Waals surface area contributed by atoms with E-state index in [1.54, 1.807) is 17.7 Å². The Morgan fingerprint density at radius 1 is 1.12 bits per heavy atom. The van der Waals surface area contributed by atoms with Crippen LogP contribution in [-0.4, -0.2) is 33.0 Å². The van der Waals surface area contributed by atoms with Crippen LogP contribution in [-0.2, 0) is 0 Å². The molecule has 0 aromatic carbocycles. The lowest BCUT2D eigenvalue weighted by molar-refractivity contribution is 0.820. The molecule has 5 nitrogen and oxygen atoms in total. The molecule has 0 atom stereocenters. The van der Waals surface area contributed by atoms with Crippen molar-refractivity contribution in [3.63, 3.8) is 0 Å². The van der Waals surface area contributed by atoms with E-state index in [0.29, 0.717) is 0 Å². The molecular formula is C18H15N5S. The number of hydrogen-bond donors (Lipinski definition) is 1. The van der Waals surface area contributed by atoms with Crippen LogP contribution >= 0.6 is 11.3 Å². The molecule has 24 heavy (non-hydrogen) atoms. The van der Waals surface area contributed by atoms with E-state index in [1.807, 2.05) is 12.3 Å². The van der Waals surface area contributed by atoms with Gasteiger partial charge in [0, 0.05) is 36.4 Å². The van der Waals surface area contributed by atoms with Crippen molar-refractivity contribution in [2.45, 2.75) is 6.42 Å². The van der Waals surface area contributed by atoms with E-state index >= 15 is 0 Å². The van der Waals surface area contributed by atoms with Crippen LogP contribution in [0, 0.1) is 0 Å². The molecule has 118 valence electrons. The molecule has 0 radical (unpaired) electrons. The third kappa shape index (κ3) is 2.11. The molecule has 5 heterocycles. The van der Waals surface area contributed by atoms with Crippen LogP contribution < -0.4 is 4.90 Å². The third-order valence-corrected chi connectivity index (χ3v) is 5.37. The van der Waals surface area contributed by atoms with Gasteiger partial charge in [-0.15, -0.1) is 11.3 Å². The van der Waals surface area contributed by atoms with E-state index in [4.69, 9.17) is 0 Å². The van der Waals surface area contributed by atoms with E-state index in [-0.39, 0.29) is 0 Å². The number of aromatic nitrogens is 4. The van der Waals surface area contributed by atoms with Crippen LogP contribution in [0.15, 0.2) is 48.4 Å². The van der Waals surface area contributed by atoms with E-state index in [1.165, 1.54) is 16.5 Å². The standard InChI is InChI=1S/C18H15N5S/c1-2-13-15(10-20-16(13)19-6-1)12-3-7-23(8-4-12)17-14-5-9-24-18(14)22-11-21-17/h1-3,5-6,9-11H,4,7-8H2,(H,19,20). The summed E-state index contributed by atoms with van der Waals surface area (Å²) < 4.78 is 0. The summed E-state index contributed by atoms with van der Waals surface area (Å²) in [6.45, 7) is 1.82. The minimum Gasteiger partial charge on any atom is -0.352 e. The van der Waals surface area contributed by atoms with Crippen molar-refractivity contribution < 1.29 is 0 Å². The van der Waals surface area contributed by atoms with Gasteiger partial charge >= 0.3 is 0 Å². The molecule has 1 N–H and O–H groups in total. The second-order valence-corrected chi connectivity index (χ2v) is 6.76. The van der Waals surface area contributed by atoms with Gasteiger partial charge < -0.3 is 9.88 Å². The van der Waals surface area contributed by atoms with Gasteiger partial charge in [0.25, 0.3) is 0 Å². The highest BCUT2D eigenvalue weighted by Gasteiger charge is 2.18. The van der Waals surface area contributed by atoms with Gasteiger partial charge in [0.1, 0.15) is 22.6 Å². The summed E-state index contributed by atoms with van der Waals surface area (Å²) >= 11 is 1.66. The van der Waals surface area contributed by atoms with Crippen molar-refractivity contribution in [3.05, 3.63) is 53.9 Å². The number of fused-ring (bicyclic) bond motifs is 2. The van der Waals surface area contributed by atoms with E-state index in [0.717, 1.165) is 41.2 Å². The molecule has 4 aromatic heterocycles. The molecule has 1 aliphatic rings. The van der Waals surface area contributed by atoms with Crippen LogP contribution in [0.25, 0.3) is 26.8 Å². The van der Waals surface area contributed by atoms with E-state index in [2.05, 4.69) is 54.6 Å². The van der Waals surface area contributed by atoms with Crippen molar-refractivity contribution in [2.24, 2.45) is 0 Å². The number of nitrogens with one attached hydrogen (secondary N) is 1. The Morgan fingerprint density at radius 2 is 2.12 bits per heavy atom. The molecule has 0 amide bonds. The second kappa shape index (κ2) is 5.42. The van der Waals surface area contributed by atoms with Crippen molar-refractivity contribution in [1.82, 2.24) is 19.9 Å². The molecular weight excluding hydrogens is 318 g/mol. The first-order valence-electron chi connectivity index (χ1n) is 7.95. The lowest BCUT2D eigenvalue weighted by Crippen LogP contribution is -2.29. The lowest BCUT2D eigenvalue weighted by Gasteiger charge is -2.27. The van der Waals surface area contributed by atoms with Gasteiger partial charge in [-0.2, -0.15) is 0 Å². The van der Waals surface area contributed by atoms with Crippen molar-refractivity contribution in [1.29, 1.82) is 0 Å². The molecule has 0 saturated carbocycles. The van der Waals surface area contributed by atoms with Crippen LogP contribution in [0.1, 0.15) is 12.0 Å². The summed E-state index contributed by atoms with van der Waals surface area (Å²) in [7, 11) is 0. The van der Waals surface area contributed by atoms with Crippen LogP contribution in [0.4, 0.5) is 5.82 Å². The molecule has 4 aromatic rings. The summed E-state index contributed by atoms with van der Waals surface area (Å²) in [5, 5.41) is 4.42. The Hall–Kier alpha value is -2.73. The summed E-state index contributed by atoms with van der Waals surface area (Å²) in [6, 6.07) is 6.23. The fraction of sp³-hybridized carbons (Fsp3) is 0.167. The van der Waals surface area contributed by atoms with Gasteiger partial charge in [-0.1, -0.05) is 6.08 Å². The number of hydrogen-bond acceptors (Lipinski definition) is 5. The highest BCUT2D eigenvalue weighted by molar-refractivity contribution is 7.16. The number of rotatable bonds is 2. The van der Waals surface area contributed by atoms with Gasteiger partial charge in [-0.25, -0.2) is 15.0 Å². The molecule has 0 spiro atoms. The highest BCUT2D eigenvalue weighted by Crippen LogP contribution is 2.32. The minimum atomic E-state index is 0.865. The average molecular weight is 333 g/mol. The number of thiophene rings is 1. The fourth-order valence-corrected chi connectivity index (χ4v) is 4.08. The molecule has 0 fully saturated rings. The topological polar surface area (TPSA) is 57.7 Å². The monoisotopic (exact) mass is 333 g/mol. The first-order valence-corrected chi connectivity index (χ1v) is 8.83. The SMILES string of the molecule is C1=C(c2c[nH]c3ncccc23)CCN(c2ncnc3sccc23)C1. The summed E-state index contributed by atoms with van der Waals surface area (Å²) in [6.07, 6.45) is 8.86. The Bertz CT molecular complexity index is 1060. The number of pyridine rings is 1. The third-order valence-electron chi connectivity index (χ3n) is 4.55. The Balaban J connectivity index is 1.48. The number of nitrogens with zero attached hydrogens (tertiary/aromatic N) is 4. The molecule has 0 unspecified atom stereocenters. The second-order valence-electron chi connectivity index (χ2n) is 5.86. The predicted molar refractivity (Wildman–Crippen MR) is 98.3 cm³/mol. The molecule has 5 rings (SSSR count). The first kappa shape index (κ1) is 13.7. The zero-order valence-electron chi connectivity index (χ0n) is 12.9. The first-order chi connectivity index (χ1) is 11.9. The lowest BCUT2D eigenvalue weighted by atomic mass is 9.99. The van der Waals surface area contributed by atoms with Crippen molar-refractivity contribution in [2.75, 3.05) is 18.0 Å². The summed E-state index contributed by atoms with van der Waals surface area (Å²) in [4.78, 5) is 19.9. The normalized spacial score (nSPS) is 15.2. The van der Waals surface area contributed by atoms with Crippen molar-refractivity contribution >= 4 is 44.0 Å². The summed E-state index contributed by atoms with van der Waals surface area (Å²) in [5.74, 6) is 1.04. The summed E-state index contributed by atoms with van der Waals surface area (Å²) in [5.41, 5.74) is 3.59. The van der Waals surface area contributed by atoms with E-state index in [9.17, 15) is 0 Å². The molecule has 0 aliphatic carbocycles. The fourth-order valence-electron chi connectivity index (χ4n) is 3.36. The largest absolute Gasteiger partial charge is 0.352 e. The zero-order valence-corrected chi connectivity index (χ0v) is 13.8. The minimum absolute atomic E-state index is 0.865. The Morgan fingerprint density at radius 3 is 3.04 bits per heavy atom. The van der Waals surface area contributed by atoms with Crippen molar-refractivity contribution in [3.8, 4) is 0 Å². The van der Waals surface area contributed by atoms with Crippen LogP contribution in [0.3, 0.4) is 0 Å². The van der Waals surface area contributed by atoms with Gasteiger partial charge in [0.2, 0.25) is 0 Å². The number of anilines is 1.